The van der Waals surface area contributed by atoms with Crippen LogP contribution in [0.1, 0.15) is 0 Å². The number of hydrogen-bond acceptors (Lipinski definition) is 7. The quantitative estimate of drug-likeness (QED) is 0.305. The van der Waals surface area contributed by atoms with Crippen molar-refractivity contribution in [1.82, 2.24) is 0 Å². The molecule has 0 unspecified atom stereocenters. The summed E-state index contributed by atoms with van der Waals surface area (Å²) in [4.78, 5) is 58.6. The third-order valence-electron chi connectivity index (χ3n) is 0. The molecule has 0 saturated carbocycles. The van der Waals surface area contributed by atoms with Crippen molar-refractivity contribution in [2.75, 3.05) is 0 Å². The van der Waals surface area contributed by atoms with Crippen molar-refractivity contribution < 1.29 is 63.4 Å². The van der Waals surface area contributed by atoms with Crippen LogP contribution in [0.15, 0.2) is 0 Å². The van der Waals surface area contributed by atoms with E-state index in [1.54, 1.807) is 0 Å². The largest absolute Gasteiger partial charge is 2.00 e. The summed E-state index contributed by atoms with van der Waals surface area (Å²) in [5.41, 5.74) is 0. The third kappa shape index (κ3) is 267. The fourth-order valence-corrected chi connectivity index (χ4v) is 0. The Labute approximate surface area is 160 Å². The molecule has 0 aliphatic rings. The van der Waals surface area contributed by atoms with Crippen LogP contribution < -0.4 is 29.0 Å². The summed E-state index contributed by atoms with van der Waals surface area (Å²) >= 11 is 0. The SMILES string of the molecule is O.O=P([O-])([O-])O.[Ca+2].[O-][Si]([O-])([O-])[O-].[Sr+2].[Zn+2]. The number of hydrogen-bond donors (Lipinski definition) is 1. The molecular formula is H3CaO9PSiSrZn. The van der Waals surface area contributed by atoms with Gasteiger partial charge in [0.15, 0.2) is 0 Å². The van der Waals surface area contributed by atoms with Gasteiger partial charge in [-0.3, -0.25) is 0 Å². The van der Waals surface area contributed by atoms with Crippen LogP contribution in [-0.2, 0) is 24.0 Å². The molecule has 0 heterocycles. The molecule has 0 aromatic rings. The first-order chi connectivity index (χ1) is 4.00. The van der Waals surface area contributed by atoms with E-state index in [0.29, 0.717) is 0 Å². The topological polar surface area (TPSA) is 207 Å². The minimum atomic E-state index is -5.61. The second-order valence-electron chi connectivity index (χ2n) is 0.969. The first kappa shape index (κ1) is 36.0. The van der Waals surface area contributed by atoms with E-state index in [2.05, 4.69) is 0 Å². The Morgan fingerprint density at radius 3 is 1.07 bits per heavy atom. The van der Waals surface area contributed by atoms with E-state index >= 15 is 0 Å². The van der Waals surface area contributed by atoms with Crippen molar-refractivity contribution in [3.8, 4) is 0 Å². The molecular weight excluding hydrogens is 396 g/mol. The van der Waals surface area contributed by atoms with Crippen LogP contribution in [0.3, 0.4) is 0 Å². The van der Waals surface area contributed by atoms with E-state index in [9.17, 15) is 0 Å². The van der Waals surface area contributed by atoms with Gasteiger partial charge in [0.1, 0.15) is 0 Å². The van der Waals surface area contributed by atoms with Gasteiger partial charge in [-0.05, 0) is 0 Å². The molecule has 0 aliphatic heterocycles. The van der Waals surface area contributed by atoms with Crippen LogP contribution in [0.4, 0.5) is 0 Å². The Bertz CT molecular complexity index is 117. The average molecular weight is 399 g/mol. The van der Waals surface area contributed by atoms with E-state index in [4.69, 9.17) is 38.4 Å². The van der Waals surface area contributed by atoms with E-state index < -0.39 is 16.9 Å². The maximum absolute atomic E-state index is 8.66. The van der Waals surface area contributed by atoms with Gasteiger partial charge in [0.25, 0.3) is 0 Å². The zero-order chi connectivity index (χ0) is 9.00. The predicted octanol–water partition coefficient (Wildman–Crippen LogP) is -8.92. The molecule has 0 saturated heterocycles. The van der Waals surface area contributed by atoms with Gasteiger partial charge in [-0.1, -0.05) is 0 Å². The third-order valence-corrected chi connectivity index (χ3v) is 0. The Hall–Kier alpha value is 3.49. The Morgan fingerprint density at radius 1 is 1.07 bits per heavy atom. The molecule has 0 amide bonds. The molecule has 72 valence electrons. The molecule has 9 nitrogen and oxygen atoms in total. The maximum atomic E-state index is 8.66. The van der Waals surface area contributed by atoms with Crippen molar-refractivity contribution in [1.29, 1.82) is 0 Å². The summed E-state index contributed by atoms with van der Waals surface area (Å²) in [5.74, 6) is 0. The number of phosphoric acid groups is 1. The van der Waals surface area contributed by atoms with Gasteiger partial charge in [-0.2, -0.15) is 0 Å². The Kier molecular flexibility index (Phi) is 42.4. The molecule has 0 bridgehead atoms. The van der Waals surface area contributed by atoms with Gasteiger partial charge in [0.05, 0.1) is 7.82 Å². The number of rotatable bonds is 0. The first-order valence-electron chi connectivity index (χ1n) is 1.56. The molecule has 0 radical (unpaired) electrons. The maximum Gasteiger partial charge on any atom is 2.00 e. The zero-order valence-electron chi connectivity index (χ0n) is 6.87. The fraction of sp³-hybridized carbons (Fsp3) is 0. The normalized spacial score (nSPS) is 8.50. The van der Waals surface area contributed by atoms with Crippen molar-refractivity contribution in [2.45, 2.75) is 0 Å². The van der Waals surface area contributed by atoms with Crippen molar-refractivity contribution in [3.05, 3.63) is 0 Å². The van der Waals surface area contributed by atoms with Crippen LogP contribution in [-0.4, -0.2) is 103 Å². The molecule has 0 rings (SSSR count). The molecule has 0 aromatic heterocycles. The molecule has 0 aliphatic carbocycles. The van der Waals surface area contributed by atoms with Crippen molar-refractivity contribution >= 4 is 100 Å². The Balaban J connectivity index is -0.0000000178. The van der Waals surface area contributed by atoms with E-state index in [-0.39, 0.29) is 108 Å². The minimum Gasteiger partial charge on any atom is -0.894 e. The minimum absolute atomic E-state index is 0. The summed E-state index contributed by atoms with van der Waals surface area (Å²) in [6.07, 6.45) is 0. The summed E-state index contributed by atoms with van der Waals surface area (Å²) in [6.45, 7) is 0. The van der Waals surface area contributed by atoms with Crippen molar-refractivity contribution in [3.63, 3.8) is 0 Å². The van der Waals surface area contributed by atoms with E-state index in [1.165, 1.54) is 0 Å². The van der Waals surface area contributed by atoms with Crippen LogP contribution in [0.25, 0.3) is 0 Å². The molecule has 3 N–H and O–H groups in total. The molecule has 0 fully saturated rings. The van der Waals surface area contributed by atoms with Gasteiger partial charge < -0.3 is 53.0 Å². The molecule has 14 heavy (non-hydrogen) atoms. The van der Waals surface area contributed by atoms with Gasteiger partial charge in [-0.15, -0.1) is 0 Å². The monoisotopic (exact) mass is 398 g/mol. The first-order valence-corrected chi connectivity index (χ1v) is 4.69. The van der Waals surface area contributed by atoms with Crippen LogP contribution in [0.5, 0.6) is 0 Å². The zero-order valence-corrected chi connectivity index (χ0v) is 17.4. The Morgan fingerprint density at radius 2 is 1.07 bits per heavy atom. The average Bonchev–Trinajstić information content (AvgIpc) is 1.12. The van der Waals surface area contributed by atoms with Crippen LogP contribution in [0.2, 0.25) is 0 Å². The smallest absolute Gasteiger partial charge is 0.894 e. The van der Waals surface area contributed by atoms with Gasteiger partial charge in [0, 0.05) is 0 Å². The second kappa shape index (κ2) is 16.5. The summed E-state index contributed by atoms with van der Waals surface area (Å²) < 4.78 is 8.66. The summed E-state index contributed by atoms with van der Waals surface area (Å²) in [7, 11) is -10.8. The van der Waals surface area contributed by atoms with E-state index in [1.807, 2.05) is 0 Å². The molecule has 0 spiro atoms. The summed E-state index contributed by atoms with van der Waals surface area (Å²) in [6, 6.07) is 0. The van der Waals surface area contributed by atoms with Gasteiger partial charge in [0.2, 0.25) is 0 Å². The van der Waals surface area contributed by atoms with Gasteiger partial charge >= 0.3 is 103 Å². The predicted molar refractivity (Wildman–Crippen MR) is 30.7 cm³/mol. The van der Waals surface area contributed by atoms with E-state index in [0.717, 1.165) is 0 Å². The molecule has 0 aromatic carbocycles. The molecule has 0 atom stereocenters. The second-order valence-corrected chi connectivity index (χ2v) is 2.91. The molecule has 14 heteroatoms. The van der Waals surface area contributed by atoms with Crippen LogP contribution in [0, 0.1) is 0 Å². The fourth-order valence-electron chi connectivity index (χ4n) is 0. The summed E-state index contributed by atoms with van der Waals surface area (Å²) in [5, 5.41) is 0. The van der Waals surface area contributed by atoms with Gasteiger partial charge in [-0.25, -0.2) is 0 Å². The van der Waals surface area contributed by atoms with Crippen molar-refractivity contribution in [2.24, 2.45) is 0 Å². The van der Waals surface area contributed by atoms with Crippen LogP contribution >= 0.6 is 7.82 Å². The standard InChI is InChI=1S/Ca.H3O4P.O4Si.H2O.Sr.Zn/c;2*1-5(2,3)4;;;/h;(H3,1,2,3,4);;1H2;;/q+2;;-4;;2*+2/p-2.